The summed E-state index contributed by atoms with van der Waals surface area (Å²) in [5, 5.41) is 0.393. The smallest absolute Gasteiger partial charge is 0.426 e. The van der Waals surface area contributed by atoms with Crippen molar-refractivity contribution in [1.82, 2.24) is 10.9 Å². The molecule has 0 heterocycles. The molecule has 6 heteroatoms. The van der Waals surface area contributed by atoms with E-state index in [0.29, 0.717) is 10.6 Å². The van der Waals surface area contributed by atoms with Gasteiger partial charge in [0.1, 0.15) is 5.60 Å². The molecule has 0 radical (unpaired) electrons. The Morgan fingerprint density at radius 2 is 1.82 bits per heavy atom. The van der Waals surface area contributed by atoms with Crippen LogP contribution in [-0.4, -0.2) is 17.6 Å². The Kier molecular flexibility index (Phi) is 4.96. The highest BCUT2D eigenvalue weighted by atomic mass is 35.5. The van der Waals surface area contributed by atoms with Crippen molar-refractivity contribution >= 4 is 23.6 Å². The number of aryl methyl sites for hydroxylation is 1. The number of carbonyl (C=O) groups excluding carboxylic acids is 2. The molecule has 0 aromatic heterocycles. The number of amides is 2. The second-order valence-electron chi connectivity index (χ2n) is 6.35. The van der Waals surface area contributed by atoms with Crippen LogP contribution in [0, 0.1) is 0 Å². The summed E-state index contributed by atoms with van der Waals surface area (Å²) in [6.07, 6.45) is 3.22. The van der Waals surface area contributed by atoms with Crippen LogP contribution in [0.5, 0.6) is 0 Å². The van der Waals surface area contributed by atoms with E-state index in [1.165, 1.54) is 0 Å². The fraction of sp³-hybridized carbons (Fsp3) is 0.500. The van der Waals surface area contributed by atoms with Crippen LogP contribution in [0.2, 0.25) is 5.02 Å². The minimum atomic E-state index is -0.707. The van der Waals surface area contributed by atoms with E-state index in [0.717, 1.165) is 36.8 Å². The van der Waals surface area contributed by atoms with Crippen molar-refractivity contribution in [2.75, 3.05) is 0 Å². The lowest BCUT2D eigenvalue weighted by molar-refractivity contribution is 0.0483. The van der Waals surface area contributed by atoms with E-state index in [1.54, 1.807) is 26.8 Å². The Morgan fingerprint density at radius 1 is 1.14 bits per heavy atom. The normalized spacial score (nSPS) is 14.0. The Bertz CT molecular complexity index is 594. The van der Waals surface area contributed by atoms with Gasteiger partial charge >= 0.3 is 6.09 Å². The summed E-state index contributed by atoms with van der Waals surface area (Å²) in [5.74, 6) is -0.422. The lowest BCUT2D eigenvalue weighted by atomic mass is 9.88. The number of halogens is 1. The average Bonchev–Trinajstić information content (AvgIpc) is 2.43. The van der Waals surface area contributed by atoms with E-state index < -0.39 is 17.6 Å². The summed E-state index contributed by atoms with van der Waals surface area (Å²) in [5.41, 5.74) is 6.55. The SMILES string of the molecule is CC(C)(C)OC(=O)NNC(=O)c1c(Cl)ccc2c1CCCC2. The third-order valence-electron chi connectivity index (χ3n) is 3.39. The standard InChI is InChI=1S/C16H21ClN2O3/c1-16(2,3)22-15(21)19-18-14(20)13-11-7-5-4-6-10(11)8-9-12(13)17/h8-9H,4-7H2,1-3H3,(H,18,20)(H,19,21). The van der Waals surface area contributed by atoms with Crippen LogP contribution in [0.4, 0.5) is 4.79 Å². The maximum atomic E-state index is 12.3. The molecule has 22 heavy (non-hydrogen) atoms. The van der Waals surface area contributed by atoms with Gasteiger partial charge in [-0.3, -0.25) is 10.2 Å². The Labute approximate surface area is 135 Å². The van der Waals surface area contributed by atoms with Crippen LogP contribution in [-0.2, 0) is 17.6 Å². The van der Waals surface area contributed by atoms with Gasteiger partial charge in [0.05, 0.1) is 10.6 Å². The van der Waals surface area contributed by atoms with Gasteiger partial charge in [-0.1, -0.05) is 17.7 Å². The molecule has 1 aliphatic carbocycles. The molecular formula is C16H21ClN2O3. The topological polar surface area (TPSA) is 67.4 Å². The summed E-state index contributed by atoms with van der Waals surface area (Å²) in [6, 6.07) is 3.70. The van der Waals surface area contributed by atoms with E-state index in [9.17, 15) is 9.59 Å². The molecule has 2 N–H and O–H groups in total. The third kappa shape index (κ3) is 4.13. The molecule has 2 amide bonds. The third-order valence-corrected chi connectivity index (χ3v) is 3.70. The van der Waals surface area contributed by atoms with Crippen molar-refractivity contribution in [2.45, 2.75) is 52.1 Å². The molecule has 0 unspecified atom stereocenters. The molecule has 1 aromatic carbocycles. The number of hydrogen-bond acceptors (Lipinski definition) is 3. The molecule has 1 aliphatic rings. The predicted molar refractivity (Wildman–Crippen MR) is 84.9 cm³/mol. The van der Waals surface area contributed by atoms with Crippen molar-refractivity contribution in [3.63, 3.8) is 0 Å². The second kappa shape index (κ2) is 6.57. The van der Waals surface area contributed by atoms with Gasteiger partial charge in [0.25, 0.3) is 5.91 Å². The summed E-state index contributed by atoms with van der Waals surface area (Å²) >= 11 is 6.17. The molecule has 0 fully saturated rings. The highest BCUT2D eigenvalue weighted by Gasteiger charge is 2.22. The van der Waals surface area contributed by atoms with E-state index in [4.69, 9.17) is 16.3 Å². The fourth-order valence-electron chi connectivity index (χ4n) is 2.52. The molecule has 0 spiro atoms. The monoisotopic (exact) mass is 324 g/mol. The number of ether oxygens (including phenoxy) is 1. The van der Waals surface area contributed by atoms with Gasteiger partial charge in [0.15, 0.2) is 0 Å². The minimum absolute atomic E-state index is 0.393. The molecule has 1 aromatic rings. The van der Waals surface area contributed by atoms with Crippen LogP contribution < -0.4 is 10.9 Å². The number of fused-ring (bicyclic) bond motifs is 1. The van der Waals surface area contributed by atoms with Gasteiger partial charge in [0, 0.05) is 0 Å². The van der Waals surface area contributed by atoms with Gasteiger partial charge in [-0.05, 0) is 63.6 Å². The lowest BCUT2D eigenvalue weighted by Gasteiger charge is -2.21. The molecule has 0 atom stereocenters. The van der Waals surface area contributed by atoms with E-state index in [-0.39, 0.29) is 0 Å². The van der Waals surface area contributed by atoms with E-state index >= 15 is 0 Å². The molecule has 5 nitrogen and oxygen atoms in total. The maximum absolute atomic E-state index is 12.3. The van der Waals surface area contributed by atoms with Gasteiger partial charge in [-0.2, -0.15) is 0 Å². The maximum Gasteiger partial charge on any atom is 0.426 e. The summed E-state index contributed by atoms with van der Waals surface area (Å²) in [6.45, 7) is 5.25. The summed E-state index contributed by atoms with van der Waals surface area (Å²) < 4.78 is 5.07. The zero-order valence-electron chi connectivity index (χ0n) is 13.1. The summed E-state index contributed by atoms with van der Waals surface area (Å²) in [4.78, 5) is 23.9. The number of hydrazine groups is 1. The number of carbonyl (C=O) groups is 2. The molecule has 120 valence electrons. The lowest BCUT2D eigenvalue weighted by Crippen LogP contribution is -2.44. The molecule has 0 saturated heterocycles. The number of nitrogens with one attached hydrogen (secondary N) is 2. The minimum Gasteiger partial charge on any atom is -0.443 e. The van der Waals surface area contributed by atoms with Gasteiger partial charge in [-0.15, -0.1) is 0 Å². The first kappa shape index (κ1) is 16.6. The number of benzene rings is 1. The Hall–Kier alpha value is -1.75. The molecule has 2 rings (SSSR count). The summed E-state index contributed by atoms with van der Waals surface area (Å²) in [7, 11) is 0. The first-order valence-electron chi connectivity index (χ1n) is 7.37. The molecule has 0 bridgehead atoms. The largest absolute Gasteiger partial charge is 0.443 e. The molecule has 0 saturated carbocycles. The van der Waals surface area contributed by atoms with Crippen molar-refractivity contribution in [1.29, 1.82) is 0 Å². The quantitative estimate of drug-likeness (QED) is 0.778. The highest BCUT2D eigenvalue weighted by molar-refractivity contribution is 6.34. The zero-order chi connectivity index (χ0) is 16.3. The van der Waals surface area contributed by atoms with Crippen LogP contribution >= 0.6 is 11.6 Å². The Balaban J connectivity index is 2.09. The van der Waals surface area contributed by atoms with Gasteiger partial charge in [-0.25, -0.2) is 10.2 Å². The van der Waals surface area contributed by atoms with E-state index in [2.05, 4.69) is 10.9 Å². The van der Waals surface area contributed by atoms with Crippen molar-refractivity contribution in [2.24, 2.45) is 0 Å². The number of hydrogen-bond donors (Lipinski definition) is 2. The number of rotatable bonds is 1. The van der Waals surface area contributed by atoms with Crippen molar-refractivity contribution in [3.05, 3.63) is 33.8 Å². The van der Waals surface area contributed by atoms with Crippen LogP contribution in [0.25, 0.3) is 0 Å². The van der Waals surface area contributed by atoms with Crippen molar-refractivity contribution < 1.29 is 14.3 Å². The van der Waals surface area contributed by atoms with Gasteiger partial charge < -0.3 is 4.74 Å². The average molecular weight is 325 g/mol. The molecular weight excluding hydrogens is 304 g/mol. The Morgan fingerprint density at radius 3 is 2.50 bits per heavy atom. The van der Waals surface area contributed by atoms with Gasteiger partial charge in [0.2, 0.25) is 0 Å². The fourth-order valence-corrected chi connectivity index (χ4v) is 2.78. The highest BCUT2D eigenvalue weighted by Crippen LogP contribution is 2.29. The van der Waals surface area contributed by atoms with Crippen LogP contribution in [0.3, 0.4) is 0 Å². The van der Waals surface area contributed by atoms with E-state index in [1.807, 2.05) is 6.07 Å². The van der Waals surface area contributed by atoms with Crippen molar-refractivity contribution in [3.8, 4) is 0 Å². The van der Waals surface area contributed by atoms with Crippen LogP contribution in [0.1, 0.15) is 55.1 Å². The molecule has 0 aliphatic heterocycles. The zero-order valence-corrected chi connectivity index (χ0v) is 13.8. The first-order chi connectivity index (χ1) is 10.3. The first-order valence-corrected chi connectivity index (χ1v) is 7.75. The predicted octanol–water partition coefficient (Wildman–Crippen LogP) is 3.39. The second-order valence-corrected chi connectivity index (χ2v) is 6.76. The van der Waals surface area contributed by atoms with Crippen LogP contribution in [0.15, 0.2) is 12.1 Å².